The topological polar surface area (TPSA) is 78.9 Å². The van der Waals surface area contributed by atoms with Crippen molar-refractivity contribution >= 4 is 24.6 Å². The van der Waals surface area contributed by atoms with E-state index in [9.17, 15) is 14.4 Å². The molecule has 0 saturated heterocycles. The molecule has 3 rings (SSSR count). The summed E-state index contributed by atoms with van der Waals surface area (Å²) < 4.78 is 16.3. The van der Waals surface area contributed by atoms with E-state index in [0.29, 0.717) is 43.2 Å². The maximum atomic E-state index is 12.1. The lowest BCUT2D eigenvalue weighted by molar-refractivity contribution is 0.0489. The summed E-state index contributed by atoms with van der Waals surface area (Å²) in [6.07, 6.45) is 12.5. The summed E-state index contributed by atoms with van der Waals surface area (Å²) >= 11 is 0. The molecule has 228 valence electrons. The number of hydrogen-bond acceptors (Lipinski definition) is 6. The first-order valence-electron chi connectivity index (χ1n) is 15.8. The molecule has 0 heterocycles. The maximum Gasteiger partial charge on any atom is 0.338 e. The van der Waals surface area contributed by atoms with Crippen LogP contribution in [0.2, 0.25) is 19.0 Å². The van der Waals surface area contributed by atoms with Crippen molar-refractivity contribution in [3.05, 3.63) is 108 Å². The van der Waals surface area contributed by atoms with Crippen molar-refractivity contribution in [3.8, 4) is 0 Å². The standard InChI is InChI=1S/C36H45BO6/c38-34(31-19-7-1-8-20-31)41-28-16-4-13-25-37(26-14-5-17-29-42-35(39)32-21-9-2-10-22-32)27-15-6-18-30-43-36(40)33-23-11-3-12-24-33/h1-3,7-12,19-24H,4-6,13-18,25-30H2. The van der Waals surface area contributed by atoms with Gasteiger partial charge in [-0.1, -0.05) is 112 Å². The van der Waals surface area contributed by atoms with Crippen molar-refractivity contribution < 1.29 is 28.6 Å². The molecule has 0 aromatic heterocycles. The molecule has 0 spiro atoms. The highest BCUT2D eigenvalue weighted by Gasteiger charge is 2.14. The fourth-order valence-electron chi connectivity index (χ4n) is 5.04. The Morgan fingerprint density at radius 2 is 0.674 bits per heavy atom. The number of carbonyl (C=O) groups is 3. The smallest absolute Gasteiger partial charge is 0.338 e. The van der Waals surface area contributed by atoms with E-state index in [1.54, 1.807) is 36.4 Å². The lowest BCUT2D eigenvalue weighted by Gasteiger charge is -2.14. The van der Waals surface area contributed by atoms with E-state index >= 15 is 0 Å². The van der Waals surface area contributed by atoms with E-state index in [-0.39, 0.29) is 17.9 Å². The van der Waals surface area contributed by atoms with Crippen LogP contribution in [0.1, 0.15) is 88.9 Å². The van der Waals surface area contributed by atoms with Crippen LogP contribution in [0.15, 0.2) is 91.0 Å². The number of benzene rings is 3. The minimum Gasteiger partial charge on any atom is -0.462 e. The van der Waals surface area contributed by atoms with Crippen LogP contribution in [0.5, 0.6) is 0 Å². The van der Waals surface area contributed by atoms with Crippen LogP contribution in [0, 0.1) is 0 Å². The molecule has 3 aromatic rings. The van der Waals surface area contributed by atoms with Crippen molar-refractivity contribution in [2.24, 2.45) is 0 Å². The van der Waals surface area contributed by atoms with Gasteiger partial charge >= 0.3 is 17.9 Å². The second-order valence-corrected chi connectivity index (χ2v) is 10.9. The average Bonchev–Trinajstić information content (AvgIpc) is 3.06. The van der Waals surface area contributed by atoms with E-state index < -0.39 is 0 Å². The van der Waals surface area contributed by atoms with Crippen molar-refractivity contribution in [3.63, 3.8) is 0 Å². The number of unbranched alkanes of at least 4 members (excludes halogenated alkanes) is 6. The Morgan fingerprint density at radius 3 is 0.953 bits per heavy atom. The first-order chi connectivity index (χ1) is 21.1. The highest BCUT2D eigenvalue weighted by Crippen LogP contribution is 2.19. The van der Waals surface area contributed by atoms with Crippen LogP contribution in [-0.4, -0.2) is 44.4 Å². The largest absolute Gasteiger partial charge is 0.462 e. The third-order valence-electron chi connectivity index (χ3n) is 7.50. The lowest BCUT2D eigenvalue weighted by Crippen LogP contribution is -2.13. The molecule has 0 aliphatic heterocycles. The van der Waals surface area contributed by atoms with Gasteiger partial charge in [0, 0.05) is 0 Å². The molecular formula is C36H45BO6. The summed E-state index contributed by atoms with van der Waals surface area (Å²) in [5.74, 6) is -0.785. The second kappa shape index (κ2) is 20.9. The summed E-state index contributed by atoms with van der Waals surface area (Å²) in [6, 6.07) is 27.3. The lowest BCUT2D eigenvalue weighted by atomic mass is 9.41. The summed E-state index contributed by atoms with van der Waals surface area (Å²) in [7, 11) is 0. The summed E-state index contributed by atoms with van der Waals surface area (Å²) in [5.41, 5.74) is 1.77. The maximum absolute atomic E-state index is 12.1. The summed E-state index contributed by atoms with van der Waals surface area (Å²) in [4.78, 5) is 36.3. The van der Waals surface area contributed by atoms with Gasteiger partial charge in [-0.05, 0) is 55.7 Å². The number of hydrogen-bond donors (Lipinski definition) is 0. The van der Waals surface area contributed by atoms with Crippen LogP contribution in [0.25, 0.3) is 0 Å². The Morgan fingerprint density at radius 1 is 0.395 bits per heavy atom. The van der Waals surface area contributed by atoms with Crippen LogP contribution in [0.3, 0.4) is 0 Å². The molecule has 0 fully saturated rings. The van der Waals surface area contributed by atoms with Gasteiger partial charge in [0.2, 0.25) is 0 Å². The van der Waals surface area contributed by atoms with Crippen LogP contribution < -0.4 is 0 Å². The number of carbonyl (C=O) groups excluding carboxylic acids is 3. The molecule has 0 saturated carbocycles. The van der Waals surface area contributed by atoms with Gasteiger partial charge in [0.25, 0.3) is 0 Å². The van der Waals surface area contributed by atoms with Crippen LogP contribution in [0.4, 0.5) is 0 Å². The summed E-state index contributed by atoms with van der Waals surface area (Å²) in [5, 5.41) is 0. The third kappa shape index (κ3) is 14.2. The van der Waals surface area contributed by atoms with Gasteiger partial charge in [-0.2, -0.15) is 0 Å². The van der Waals surface area contributed by atoms with Crippen molar-refractivity contribution in [1.29, 1.82) is 0 Å². The fraction of sp³-hybridized carbons (Fsp3) is 0.417. The van der Waals surface area contributed by atoms with Gasteiger partial charge in [-0.25, -0.2) is 14.4 Å². The first kappa shape index (κ1) is 33.6. The number of esters is 3. The minimum atomic E-state index is -0.262. The van der Waals surface area contributed by atoms with Crippen molar-refractivity contribution in [1.82, 2.24) is 0 Å². The van der Waals surface area contributed by atoms with Gasteiger partial charge in [0.05, 0.1) is 36.5 Å². The molecule has 0 aliphatic rings. The highest BCUT2D eigenvalue weighted by atomic mass is 16.5. The molecule has 0 amide bonds. The van der Waals surface area contributed by atoms with Gasteiger partial charge in [0.15, 0.2) is 0 Å². The predicted molar refractivity (Wildman–Crippen MR) is 172 cm³/mol. The highest BCUT2D eigenvalue weighted by molar-refractivity contribution is 6.58. The van der Waals surface area contributed by atoms with Gasteiger partial charge in [0.1, 0.15) is 6.71 Å². The van der Waals surface area contributed by atoms with Gasteiger partial charge in [-0.15, -0.1) is 0 Å². The number of ether oxygens (including phenoxy) is 3. The first-order valence-corrected chi connectivity index (χ1v) is 15.8. The van der Waals surface area contributed by atoms with E-state index in [2.05, 4.69) is 0 Å². The Kier molecular flexibility index (Phi) is 16.4. The Balaban J connectivity index is 1.30. The van der Waals surface area contributed by atoms with Crippen molar-refractivity contribution in [2.45, 2.75) is 76.7 Å². The zero-order valence-electron chi connectivity index (χ0n) is 25.3. The second-order valence-electron chi connectivity index (χ2n) is 10.9. The number of rotatable bonds is 21. The Hall–Kier alpha value is -3.87. The molecule has 0 bridgehead atoms. The van der Waals surface area contributed by atoms with Crippen molar-refractivity contribution in [2.75, 3.05) is 19.8 Å². The molecule has 7 heteroatoms. The SMILES string of the molecule is O=C(OCCCCCB(CCCCCOC(=O)c1ccccc1)CCCCCOC(=O)c1ccccc1)c1ccccc1. The predicted octanol–water partition coefficient (Wildman–Crippen LogP) is 8.56. The molecule has 43 heavy (non-hydrogen) atoms. The van der Waals surface area contributed by atoms with E-state index in [0.717, 1.165) is 76.7 Å². The monoisotopic (exact) mass is 584 g/mol. The zero-order chi connectivity index (χ0) is 30.4. The molecule has 3 aromatic carbocycles. The normalized spacial score (nSPS) is 10.6. The van der Waals surface area contributed by atoms with Crippen LogP contribution in [-0.2, 0) is 14.2 Å². The third-order valence-corrected chi connectivity index (χ3v) is 7.50. The molecule has 0 unspecified atom stereocenters. The average molecular weight is 585 g/mol. The van der Waals surface area contributed by atoms with E-state index in [4.69, 9.17) is 14.2 Å². The molecule has 0 atom stereocenters. The fourth-order valence-corrected chi connectivity index (χ4v) is 5.04. The molecule has 6 nitrogen and oxygen atoms in total. The molecule has 0 radical (unpaired) electrons. The zero-order valence-corrected chi connectivity index (χ0v) is 25.3. The molecule has 0 N–H and O–H groups in total. The van der Waals surface area contributed by atoms with E-state index in [1.165, 1.54) is 0 Å². The van der Waals surface area contributed by atoms with E-state index in [1.807, 2.05) is 54.6 Å². The van der Waals surface area contributed by atoms with Gasteiger partial charge < -0.3 is 14.2 Å². The quantitative estimate of drug-likeness (QED) is 0.0540. The molecular weight excluding hydrogens is 539 g/mol. The minimum absolute atomic E-state index is 0.262. The summed E-state index contributed by atoms with van der Waals surface area (Å²) in [6.45, 7) is 1.97. The Bertz CT molecular complexity index is 1040. The Labute approximate surface area is 257 Å². The van der Waals surface area contributed by atoms with Crippen LogP contribution >= 0.6 is 0 Å². The molecule has 0 aliphatic carbocycles. The van der Waals surface area contributed by atoms with Gasteiger partial charge in [-0.3, -0.25) is 0 Å².